The maximum Gasteiger partial charge on any atom is 0.243 e. The maximum atomic E-state index is 14.8. The second-order valence-electron chi connectivity index (χ2n) is 8.55. The number of hydrogen-bond donors (Lipinski definition) is 4. The Bertz CT molecular complexity index is 1190. The van der Waals surface area contributed by atoms with Crippen LogP contribution in [0.1, 0.15) is 43.2 Å². The van der Waals surface area contributed by atoms with Crippen LogP contribution in [0.15, 0.2) is 30.7 Å². The first-order valence-corrected chi connectivity index (χ1v) is 10.9. The lowest BCUT2D eigenvalue weighted by atomic mass is 9.80. The molecule has 0 bridgehead atoms. The van der Waals surface area contributed by atoms with Crippen molar-refractivity contribution in [3.05, 3.63) is 47.7 Å². The van der Waals surface area contributed by atoms with Gasteiger partial charge in [-0.1, -0.05) is 25.3 Å². The van der Waals surface area contributed by atoms with Crippen LogP contribution in [0.2, 0.25) is 0 Å². The van der Waals surface area contributed by atoms with Crippen LogP contribution in [0.25, 0.3) is 11.0 Å². The molecule has 1 aliphatic carbocycles. The van der Waals surface area contributed by atoms with Gasteiger partial charge in [0.15, 0.2) is 11.6 Å². The lowest BCUT2D eigenvalue weighted by molar-refractivity contribution is -0.133. The number of hydrogen-bond acceptors (Lipinski definition) is 6. The van der Waals surface area contributed by atoms with E-state index in [0.717, 1.165) is 24.8 Å². The van der Waals surface area contributed by atoms with Crippen molar-refractivity contribution in [1.29, 1.82) is 0 Å². The molecule has 10 heteroatoms. The van der Waals surface area contributed by atoms with Gasteiger partial charge in [0.25, 0.3) is 0 Å². The van der Waals surface area contributed by atoms with Gasteiger partial charge in [0, 0.05) is 6.20 Å². The summed E-state index contributed by atoms with van der Waals surface area (Å²) in [5.41, 5.74) is 12.6. The molecule has 9 nitrogen and oxygen atoms in total. The van der Waals surface area contributed by atoms with Crippen molar-refractivity contribution in [3.8, 4) is 11.6 Å². The fourth-order valence-electron chi connectivity index (χ4n) is 4.28. The third kappa shape index (κ3) is 4.65. The number of aromatic nitrogens is 3. The zero-order valence-corrected chi connectivity index (χ0v) is 18.4. The average molecular weight is 455 g/mol. The number of nitrogens with one attached hydrogen (secondary N) is 2. The minimum absolute atomic E-state index is 0.00717. The largest absolute Gasteiger partial charge is 0.435 e. The number of nitrogens with zero attached hydrogens (tertiary/aromatic N) is 2. The third-order valence-electron chi connectivity index (χ3n) is 6.17. The molecule has 4 rings (SSSR count). The van der Waals surface area contributed by atoms with Crippen molar-refractivity contribution in [2.45, 2.75) is 57.0 Å². The fourth-order valence-corrected chi connectivity index (χ4v) is 4.28. The van der Waals surface area contributed by atoms with E-state index in [1.54, 1.807) is 12.3 Å². The van der Waals surface area contributed by atoms with Crippen molar-refractivity contribution in [1.82, 2.24) is 20.3 Å². The van der Waals surface area contributed by atoms with E-state index >= 15 is 0 Å². The minimum atomic E-state index is -1.06. The highest BCUT2D eigenvalue weighted by molar-refractivity contribution is 5.92. The van der Waals surface area contributed by atoms with Gasteiger partial charge in [-0.3, -0.25) is 9.59 Å². The van der Waals surface area contributed by atoms with E-state index in [1.165, 1.54) is 18.5 Å². The molecule has 2 heterocycles. The Morgan fingerprint density at radius 2 is 2.03 bits per heavy atom. The summed E-state index contributed by atoms with van der Waals surface area (Å²) in [6, 6.07) is 3.42. The SMILES string of the molecule is Cc1c[nH]c2ncnc(Oc3ccc(CC(N)C(=O)NC4(C(N)=O)CCCCC4)cc3F)c12. The van der Waals surface area contributed by atoms with E-state index in [2.05, 4.69) is 20.3 Å². The summed E-state index contributed by atoms with van der Waals surface area (Å²) in [4.78, 5) is 35.9. The Labute approximate surface area is 190 Å². The van der Waals surface area contributed by atoms with Gasteiger partial charge in [-0.15, -0.1) is 0 Å². The highest BCUT2D eigenvalue weighted by Crippen LogP contribution is 2.31. The molecular weight excluding hydrogens is 427 g/mol. The molecule has 174 valence electrons. The number of nitrogens with two attached hydrogens (primary N) is 2. The monoisotopic (exact) mass is 454 g/mol. The van der Waals surface area contributed by atoms with E-state index < -0.39 is 29.2 Å². The Morgan fingerprint density at radius 1 is 1.27 bits per heavy atom. The Kier molecular flexibility index (Phi) is 6.28. The van der Waals surface area contributed by atoms with E-state index in [-0.39, 0.29) is 18.1 Å². The molecule has 1 unspecified atom stereocenters. The summed E-state index contributed by atoms with van der Waals surface area (Å²) in [6.45, 7) is 1.87. The predicted molar refractivity (Wildman–Crippen MR) is 120 cm³/mol. The average Bonchev–Trinajstić information content (AvgIpc) is 3.18. The first kappa shape index (κ1) is 22.7. The molecule has 0 saturated heterocycles. The van der Waals surface area contributed by atoms with Crippen molar-refractivity contribution in [2.24, 2.45) is 11.5 Å². The molecule has 1 atom stereocenters. The highest BCUT2D eigenvalue weighted by atomic mass is 19.1. The predicted octanol–water partition coefficient (Wildman–Crippen LogP) is 2.37. The highest BCUT2D eigenvalue weighted by Gasteiger charge is 2.40. The van der Waals surface area contributed by atoms with Crippen molar-refractivity contribution in [2.75, 3.05) is 0 Å². The van der Waals surface area contributed by atoms with E-state index in [1.807, 2.05) is 6.92 Å². The normalized spacial score (nSPS) is 16.3. The molecule has 6 N–H and O–H groups in total. The summed E-state index contributed by atoms with van der Waals surface area (Å²) in [5, 5.41) is 3.43. The lowest BCUT2D eigenvalue weighted by Gasteiger charge is -2.35. The minimum Gasteiger partial charge on any atom is -0.435 e. The molecule has 0 aliphatic heterocycles. The van der Waals surface area contributed by atoms with Crippen molar-refractivity contribution < 1.29 is 18.7 Å². The standard InChI is InChI=1S/C23H27FN6O3/c1-13-11-27-19-18(13)21(29-12-28-19)33-17-6-5-14(9-15(17)24)10-16(25)20(31)30-23(22(26)32)7-3-2-4-8-23/h5-6,9,11-12,16H,2-4,7-8,10,25H2,1H3,(H2,26,32)(H,30,31)(H,27,28,29). The van der Waals surface area contributed by atoms with Crippen LogP contribution in [0.3, 0.4) is 0 Å². The van der Waals surface area contributed by atoms with Crippen LogP contribution in [0.4, 0.5) is 4.39 Å². The molecule has 2 amide bonds. The number of fused-ring (bicyclic) bond motifs is 1. The number of ether oxygens (including phenoxy) is 1. The van der Waals surface area contributed by atoms with E-state index in [9.17, 15) is 14.0 Å². The van der Waals surface area contributed by atoms with Crippen molar-refractivity contribution in [3.63, 3.8) is 0 Å². The number of benzene rings is 1. The fraction of sp³-hybridized carbons (Fsp3) is 0.391. The molecule has 1 aromatic carbocycles. The quantitative estimate of drug-likeness (QED) is 0.431. The Balaban J connectivity index is 1.45. The third-order valence-corrected chi connectivity index (χ3v) is 6.17. The number of aryl methyl sites for hydroxylation is 1. The number of carbonyl (C=O) groups is 2. The number of H-pyrrole nitrogens is 1. The van der Waals surface area contributed by atoms with Gasteiger partial charge < -0.3 is 26.5 Å². The van der Waals surface area contributed by atoms with Crippen LogP contribution in [0.5, 0.6) is 11.6 Å². The van der Waals surface area contributed by atoms with Gasteiger partial charge in [0.1, 0.15) is 17.5 Å². The molecule has 1 saturated carbocycles. The summed E-state index contributed by atoms with van der Waals surface area (Å²) in [5.74, 6) is -1.41. The molecular formula is C23H27FN6O3. The molecule has 3 aromatic rings. The van der Waals surface area contributed by atoms with Crippen molar-refractivity contribution >= 4 is 22.8 Å². The number of rotatable bonds is 7. The zero-order chi connectivity index (χ0) is 23.6. The number of primary amides is 1. The first-order chi connectivity index (χ1) is 15.8. The number of amides is 2. The van der Waals surface area contributed by atoms with Gasteiger partial charge >= 0.3 is 0 Å². The van der Waals surface area contributed by atoms with Gasteiger partial charge in [-0.05, 0) is 49.4 Å². The van der Waals surface area contributed by atoms with E-state index in [0.29, 0.717) is 29.4 Å². The topological polar surface area (TPSA) is 149 Å². The van der Waals surface area contributed by atoms with Gasteiger partial charge in [-0.25, -0.2) is 14.4 Å². The Morgan fingerprint density at radius 3 is 2.73 bits per heavy atom. The molecule has 1 aliphatic rings. The van der Waals surface area contributed by atoms with Crippen LogP contribution in [-0.4, -0.2) is 38.3 Å². The number of halogens is 1. The van der Waals surface area contributed by atoms with Crippen LogP contribution in [0, 0.1) is 12.7 Å². The van der Waals surface area contributed by atoms with Crippen LogP contribution in [-0.2, 0) is 16.0 Å². The molecule has 0 spiro atoms. The number of carbonyl (C=O) groups excluding carboxylic acids is 2. The smallest absolute Gasteiger partial charge is 0.243 e. The first-order valence-electron chi connectivity index (χ1n) is 10.9. The summed E-state index contributed by atoms with van der Waals surface area (Å²) >= 11 is 0. The molecule has 2 aromatic heterocycles. The van der Waals surface area contributed by atoms with Gasteiger partial charge in [-0.2, -0.15) is 0 Å². The van der Waals surface area contributed by atoms with E-state index in [4.69, 9.17) is 16.2 Å². The summed E-state index contributed by atoms with van der Waals surface area (Å²) in [6.07, 6.45) is 6.81. The summed E-state index contributed by atoms with van der Waals surface area (Å²) < 4.78 is 20.5. The second kappa shape index (κ2) is 9.14. The van der Waals surface area contributed by atoms with Gasteiger partial charge in [0.2, 0.25) is 17.7 Å². The maximum absolute atomic E-state index is 14.8. The molecule has 33 heavy (non-hydrogen) atoms. The summed E-state index contributed by atoms with van der Waals surface area (Å²) in [7, 11) is 0. The molecule has 0 radical (unpaired) electrons. The lowest BCUT2D eigenvalue weighted by Crippen LogP contribution is -2.61. The Hall–Kier alpha value is -3.53. The van der Waals surface area contributed by atoms with Crippen LogP contribution >= 0.6 is 0 Å². The zero-order valence-electron chi connectivity index (χ0n) is 18.4. The molecule has 1 fully saturated rings. The number of aromatic amines is 1. The van der Waals surface area contributed by atoms with Crippen LogP contribution < -0.4 is 21.5 Å². The second-order valence-corrected chi connectivity index (χ2v) is 8.55. The van der Waals surface area contributed by atoms with Gasteiger partial charge in [0.05, 0.1) is 11.4 Å².